The molecule has 0 bridgehead atoms. The van der Waals surface area contributed by atoms with Crippen LogP contribution in [0.15, 0.2) is 59.5 Å². The molecule has 5 heteroatoms. The van der Waals surface area contributed by atoms with Gasteiger partial charge in [-0.15, -0.1) is 0 Å². The maximum atomic E-state index is 12.2. The van der Waals surface area contributed by atoms with Crippen molar-refractivity contribution in [3.05, 3.63) is 70.6 Å². The van der Waals surface area contributed by atoms with E-state index in [1.807, 2.05) is 18.2 Å². The Balaban J connectivity index is 1.58. The molecule has 2 aromatic heterocycles. The number of hydrogen-bond donors (Lipinski definition) is 1. The van der Waals surface area contributed by atoms with E-state index in [0.29, 0.717) is 11.5 Å². The van der Waals surface area contributed by atoms with Crippen molar-refractivity contribution >= 4 is 17.2 Å². The monoisotopic (exact) mass is 334 g/mol. The van der Waals surface area contributed by atoms with Crippen LogP contribution in [0.1, 0.15) is 31.4 Å². The molecule has 1 N–H and O–H groups in total. The minimum absolute atomic E-state index is 0.0700. The van der Waals surface area contributed by atoms with Crippen LogP contribution in [0.25, 0.3) is 5.65 Å². The van der Waals surface area contributed by atoms with E-state index in [9.17, 15) is 4.79 Å². The molecular weight excluding hydrogens is 312 g/mol. The highest BCUT2D eigenvalue weighted by Crippen LogP contribution is 2.25. The molecule has 1 aromatic carbocycles. The Morgan fingerprint density at radius 3 is 2.76 bits per heavy atom. The van der Waals surface area contributed by atoms with E-state index in [0.717, 1.165) is 13.1 Å². The van der Waals surface area contributed by atoms with Gasteiger partial charge >= 0.3 is 0 Å². The third-order valence-corrected chi connectivity index (χ3v) is 4.78. The molecule has 4 rings (SSSR count). The molecule has 0 spiro atoms. The molecule has 3 heterocycles. The quantitative estimate of drug-likeness (QED) is 0.794. The van der Waals surface area contributed by atoms with Gasteiger partial charge in [-0.3, -0.25) is 9.20 Å². The molecule has 5 nitrogen and oxygen atoms in total. The number of pyridine rings is 1. The van der Waals surface area contributed by atoms with Gasteiger partial charge in [-0.05, 0) is 49.6 Å². The van der Waals surface area contributed by atoms with E-state index in [-0.39, 0.29) is 11.6 Å². The standard InChI is InChI=1S/C20H22N4O/c1-15(16-7-6-8-17(13-16)23-10-4-5-11-23)21-18-14-20(25)24-12-3-2-9-19(24)22-18/h2-3,6-9,12-15,21H,4-5,10-11H2,1H3/t15-/m1/s1. The minimum atomic E-state index is -0.0777. The van der Waals surface area contributed by atoms with Gasteiger partial charge in [0.2, 0.25) is 0 Å². The third kappa shape index (κ3) is 3.22. The van der Waals surface area contributed by atoms with Crippen LogP contribution in [0.3, 0.4) is 0 Å². The number of aromatic nitrogens is 2. The Bertz CT molecular complexity index is 944. The summed E-state index contributed by atoms with van der Waals surface area (Å²) >= 11 is 0. The highest BCUT2D eigenvalue weighted by molar-refractivity contribution is 5.52. The van der Waals surface area contributed by atoms with Gasteiger partial charge in [0, 0.05) is 31.0 Å². The summed E-state index contributed by atoms with van der Waals surface area (Å²) in [6.45, 7) is 4.36. The second-order valence-electron chi connectivity index (χ2n) is 6.56. The molecule has 25 heavy (non-hydrogen) atoms. The molecule has 1 fully saturated rings. The van der Waals surface area contributed by atoms with Crippen molar-refractivity contribution in [2.75, 3.05) is 23.3 Å². The summed E-state index contributed by atoms with van der Waals surface area (Å²) in [6, 6.07) is 15.8. The van der Waals surface area contributed by atoms with E-state index >= 15 is 0 Å². The molecule has 128 valence electrons. The first-order chi connectivity index (χ1) is 12.2. The average Bonchev–Trinajstić information content (AvgIpc) is 3.17. The van der Waals surface area contributed by atoms with E-state index in [1.54, 1.807) is 16.7 Å². The number of benzene rings is 1. The molecule has 1 atom stereocenters. The predicted molar refractivity (Wildman–Crippen MR) is 101 cm³/mol. The summed E-state index contributed by atoms with van der Waals surface area (Å²) in [4.78, 5) is 19.2. The Kier molecular flexibility index (Phi) is 4.14. The van der Waals surface area contributed by atoms with Gasteiger partial charge in [-0.1, -0.05) is 18.2 Å². The van der Waals surface area contributed by atoms with Crippen molar-refractivity contribution in [1.82, 2.24) is 9.38 Å². The maximum absolute atomic E-state index is 12.2. The van der Waals surface area contributed by atoms with Gasteiger partial charge in [-0.2, -0.15) is 0 Å². The van der Waals surface area contributed by atoms with Gasteiger partial charge in [0.15, 0.2) is 0 Å². The Morgan fingerprint density at radius 1 is 1.08 bits per heavy atom. The summed E-state index contributed by atoms with van der Waals surface area (Å²) in [7, 11) is 0. The first kappa shape index (κ1) is 15.7. The first-order valence-electron chi connectivity index (χ1n) is 8.80. The molecule has 0 unspecified atom stereocenters. The zero-order valence-corrected chi connectivity index (χ0v) is 14.4. The molecule has 1 aliphatic rings. The van der Waals surface area contributed by atoms with Crippen molar-refractivity contribution in [2.24, 2.45) is 0 Å². The third-order valence-electron chi connectivity index (χ3n) is 4.78. The largest absolute Gasteiger partial charge is 0.372 e. The topological polar surface area (TPSA) is 49.6 Å². The summed E-state index contributed by atoms with van der Waals surface area (Å²) in [5, 5.41) is 3.37. The fourth-order valence-electron chi connectivity index (χ4n) is 3.40. The Hall–Kier alpha value is -2.82. The number of anilines is 2. The lowest BCUT2D eigenvalue weighted by Gasteiger charge is -2.21. The van der Waals surface area contributed by atoms with Crippen molar-refractivity contribution < 1.29 is 0 Å². The van der Waals surface area contributed by atoms with Crippen LogP contribution in [-0.4, -0.2) is 22.5 Å². The van der Waals surface area contributed by atoms with E-state index in [2.05, 4.69) is 46.4 Å². The lowest BCUT2D eigenvalue weighted by molar-refractivity contribution is 0.866. The SMILES string of the molecule is C[C@@H](Nc1cc(=O)n2ccccc2n1)c1cccc(N2CCCC2)c1. The van der Waals surface area contributed by atoms with Gasteiger partial charge in [-0.25, -0.2) is 4.98 Å². The smallest absolute Gasteiger partial charge is 0.259 e. The first-order valence-corrected chi connectivity index (χ1v) is 8.80. The Labute approximate surface area is 146 Å². The number of nitrogens with zero attached hydrogens (tertiary/aromatic N) is 3. The zero-order valence-electron chi connectivity index (χ0n) is 14.4. The van der Waals surface area contributed by atoms with E-state index in [4.69, 9.17) is 0 Å². The van der Waals surface area contributed by atoms with Crippen LogP contribution in [0.5, 0.6) is 0 Å². The number of hydrogen-bond acceptors (Lipinski definition) is 4. The van der Waals surface area contributed by atoms with Crippen LogP contribution < -0.4 is 15.8 Å². The molecular formula is C20H22N4O. The van der Waals surface area contributed by atoms with Crippen LogP contribution >= 0.6 is 0 Å². The molecule has 0 radical (unpaired) electrons. The van der Waals surface area contributed by atoms with E-state index in [1.165, 1.54) is 24.1 Å². The second kappa shape index (κ2) is 6.59. The summed E-state index contributed by atoms with van der Waals surface area (Å²) in [5.74, 6) is 0.607. The van der Waals surface area contributed by atoms with Crippen molar-refractivity contribution in [3.8, 4) is 0 Å². The lowest BCUT2D eigenvalue weighted by atomic mass is 10.1. The fourth-order valence-corrected chi connectivity index (χ4v) is 3.40. The van der Waals surface area contributed by atoms with Crippen LogP contribution in [-0.2, 0) is 0 Å². The number of rotatable bonds is 4. The lowest BCUT2D eigenvalue weighted by Crippen LogP contribution is -2.19. The predicted octanol–water partition coefficient (Wildman–Crippen LogP) is 3.47. The van der Waals surface area contributed by atoms with E-state index < -0.39 is 0 Å². The zero-order chi connectivity index (χ0) is 17.2. The highest BCUT2D eigenvalue weighted by atomic mass is 16.1. The van der Waals surface area contributed by atoms with Crippen LogP contribution in [0.4, 0.5) is 11.5 Å². The fraction of sp³-hybridized carbons (Fsp3) is 0.300. The van der Waals surface area contributed by atoms with Gasteiger partial charge < -0.3 is 10.2 Å². The summed E-state index contributed by atoms with van der Waals surface area (Å²) < 4.78 is 1.55. The summed E-state index contributed by atoms with van der Waals surface area (Å²) in [6.07, 6.45) is 4.27. The minimum Gasteiger partial charge on any atom is -0.372 e. The molecule has 1 saturated heterocycles. The number of nitrogens with one attached hydrogen (secondary N) is 1. The molecule has 0 aliphatic carbocycles. The van der Waals surface area contributed by atoms with Gasteiger partial charge in [0.25, 0.3) is 5.56 Å². The second-order valence-corrected chi connectivity index (χ2v) is 6.56. The van der Waals surface area contributed by atoms with Gasteiger partial charge in [0.1, 0.15) is 11.5 Å². The van der Waals surface area contributed by atoms with Crippen LogP contribution in [0, 0.1) is 0 Å². The van der Waals surface area contributed by atoms with Crippen molar-refractivity contribution in [1.29, 1.82) is 0 Å². The average molecular weight is 334 g/mol. The van der Waals surface area contributed by atoms with Crippen LogP contribution in [0.2, 0.25) is 0 Å². The Morgan fingerprint density at radius 2 is 1.92 bits per heavy atom. The molecule has 0 amide bonds. The number of fused-ring (bicyclic) bond motifs is 1. The maximum Gasteiger partial charge on any atom is 0.259 e. The molecule has 0 saturated carbocycles. The summed E-state index contributed by atoms with van der Waals surface area (Å²) in [5.41, 5.74) is 3.04. The van der Waals surface area contributed by atoms with Crippen molar-refractivity contribution in [2.45, 2.75) is 25.8 Å². The normalized spacial score (nSPS) is 15.5. The molecule has 3 aromatic rings. The molecule has 1 aliphatic heterocycles. The van der Waals surface area contributed by atoms with Crippen molar-refractivity contribution in [3.63, 3.8) is 0 Å². The highest BCUT2D eigenvalue weighted by Gasteiger charge is 2.14. The van der Waals surface area contributed by atoms with Gasteiger partial charge in [0.05, 0.1) is 6.04 Å².